The molecular weight excluding hydrogens is 376 g/mol. The first kappa shape index (κ1) is 18.9. The molecule has 2 atom stereocenters. The Morgan fingerprint density at radius 3 is 2.83 bits per heavy atom. The van der Waals surface area contributed by atoms with Crippen LogP contribution >= 0.6 is 0 Å². The molecule has 2 aromatic rings. The van der Waals surface area contributed by atoms with Crippen molar-refractivity contribution in [3.63, 3.8) is 0 Å². The summed E-state index contributed by atoms with van der Waals surface area (Å²) in [6.45, 7) is 6.67. The molecule has 8 nitrogen and oxygen atoms in total. The molecule has 2 unspecified atom stereocenters. The Hall–Kier alpha value is -2.13. The van der Waals surface area contributed by atoms with Gasteiger partial charge >= 0.3 is 0 Å². The molecule has 4 heterocycles. The van der Waals surface area contributed by atoms with Crippen molar-refractivity contribution in [3.8, 4) is 11.5 Å². The Balaban J connectivity index is 1.71. The number of morpholine rings is 1. The number of hydrogen-bond acceptors (Lipinski definition) is 8. The Morgan fingerprint density at radius 2 is 2.03 bits per heavy atom. The number of likely N-dealkylation sites (N-methyl/N-ethyl adjacent to an activating group) is 1. The molecule has 2 saturated heterocycles. The van der Waals surface area contributed by atoms with Crippen molar-refractivity contribution in [1.82, 2.24) is 9.80 Å². The van der Waals surface area contributed by atoms with Crippen molar-refractivity contribution >= 4 is 11.0 Å². The zero-order valence-electron chi connectivity index (χ0n) is 16.8. The van der Waals surface area contributed by atoms with Gasteiger partial charge in [0.1, 0.15) is 28.6 Å². The van der Waals surface area contributed by atoms with Crippen LogP contribution in [0.1, 0.15) is 29.2 Å². The molecule has 0 spiro atoms. The fourth-order valence-electron chi connectivity index (χ4n) is 4.72. The fourth-order valence-corrected chi connectivity index (χ4v) is 4.72. The van der Waals surface area contributed by atoms with Crippen molar-refractivity contribution in [3.05, 3.63) is 33.2 Å². The summed E-state index contributed by atoms with van der Waals surface area (Å²) in [6, 6.07) is 1.43. The highest BCUT2D eigenvalue weighted by Gasteiger charge is 2.41. The highest BCUT2D eigenvalue weighted by molar-refractivity contribution is 5.91. The van der Waals surface area contributed by atoms with E-state index in [0.717, 1.165) is 38.2 Å². The number of phenols is 1. The van der Waals surface area contributed by atoms with Crippen LogP contribution in [0.4, 0.5) is 0 Å². The van der Waals surface area contributed by atoms with E-state index in [9.17, 15) is 9.90 Å². The number of aryl methyl sites for hydroxylation is 1. The minimum Gasteiger partial charge on any atom is -0.507 e. The van der Waals surface area contributed by atoms with Gasteiger partial charge in [0, 0.05) is 43.7 Å². The maximum absolute atomic E-state index is 12.8. The summed E-state index contributed by atoms with van der Waals surface area (Å²) in [5.74, 6) is 0.988. The van der Waals surface area contributed by atoms with E-state index >= 15 is 0 Å². The van der Waals surface area contributed by atoms with E-state index in [-0.39, 0.29) is 28.6 Å². The normalized spacial score (nSPS) is 25.4. The second-order valence-electron chi connectivity index (χ2n) is 8.26. The molecule has 5 rings (SSSR count). The molecule has 0 radical (unpaired) electrons. The van der Waals surface area contributed by atoms with Crippen LogP contribution in [-0.4, -0.2) is 67.5 Å². The number of likely N-dealkylation sites (tertiary alicyclic amines) is 1. The van der Waals surface area contributed by atoms with Gasteiger partial charge in [-0.25, -0.2) is 0 Å². The van der Waals surface area contributed by atoms with Gasteiger partial charge in [0.2, 0.25) is 0 Å². The van der Waals surface area contributed by atoms with Crippen LogP contribution in [0, 0.1) is 6.92 Å². The molecular formula is C21H26N2O6. The van der Waals surface area contributed by atoms with Gasteiger partial charge in [-0.3, -0.25) is 9.69 Å². The van der Waals surface area contributed by atoms with E-state index < -0.39 is 0 Å². The van der Waals surface area contributed by atoms with Crippen molar-refractivity contribution in [2.24, 2.45) is 0 Å². The Morgan fingerprint density at radius 1 is 1.24 bits per heavy atom. The van der Waals surface area contributed by atoms with E-state index in [1.807, 2.05) is 0 Å². The van der Waals surface area contributed by atoms with Gasteiger partial charge in [0.05, 0.1) is 18.8 Å². The number of aromatic hydroxyl groups is 1. The van der Waals surface area contributed by atoms with E-state index in [2.05, 4.69) is 16.8 Å². The van der Waals surface area contributed by atoms with E-state index in [1.165, 1.54) is 6.07 Å². The lowest BCUT2D eigenvalue weighted by atomic mass is 9.83. The van der Waals surface area contributed by atoms with Crippen LogP contribution in [0.15, 0.2) is 15.3 Å². The molecule has 3 aliphatic heterocycles. The summed E-state index contributed by atoms with van der Waals surface area (Å²) in [4.78, 5) is 28.7. The first-order valence-electron chi connectivity index (χ1n) is 10.2. The third kappa shape index (κ3) is 3.20. The number of benzene rings is 1. The van der Waals surface area contributed by atoms with Gasteiger partial charge in [-0.05, 0) is 26.9 Å². The van der Waals surface area contributed by atoms with Crippen LogP contribution in [0.25, 0.3) is 11.0 Å². The average Bonchev–Trinajstić information content (AvgIpc) is 2.70. The predicted molar refractivity (Wildman–Crippen MR) is 105 cm³/mol. The number of phenolic OH excluding ortho intramolecular Hbond substituents is 1. The van der Waals surface area contributed by atoms with Crippen molar-refractivity contribution < 1.29 is 24.0 Å². The summed E-state index contributed by atoms with van der Waals surface area (Å²) in [7, 11) is 2.05. The number of ether oxygens (including phenoxy) is 1. The van der Waals surface area contributed by atoms with Crippen LogP contribution in [-0.2, 0) is 16.2 Å². The molecule has 0 bridgehead atoms. The van der Waals surface area contributed by atoms with Crippen molar-refractivity contribution in [1.29, 1.82) is 0 Å². The molecule has 0 amide bonds. The number of fused-ring (bicyclic) bond motifs is 5. The van der Waals surface area contributed by atoms with Gasteiger partial charge in [0.25, 0.3) is 0 Å². The van der Waals surface area contributed by atoms with Crippen LogP contribution in [0.3, 0.4) is 0 Å². The second-order valence-corrected chi connectivity index (χ2v) is 8.26. The molecule has 3 aliphatic rings. The third-order valence-corrected chi connectivity index (χ3v) is 6.23. The topological polar surface area (TPSA) is 84.6 Å². The van der Waals surface area contributed by atoms with Crippen LogP contribution < -0.4 is 10.3 Å². The van der Waals surface area contributed by atoms with Gasteiger partial charge in [-0.1, -0.05) is 0 Å². The average molecular weight is 402 g/mol. The number of rotatable bonds is 2. The quantitative estimate of drug-likeness (QED) is 0.761. The zero-order valence-corrected chi connectivity index (χ0v) is 16.8. The molecule has 156 valence electrons. The third-order valence-electron chi connectivity index (χ3n) is 6.23. The molecule has 2 fully saturated rings. The molecule has 1 aromatic heterocycles. The van der Waals surface area contributed by atoms with Gasteiger partial charge in [-0.15, -0.1) is 0 Å². The monoisotopic (exact) mass is 402 g/mol. The number of nitrogens with zero attached hydrogens (tertiary/aromatic N) is 2. The molecule has 29 heavy (non-hydrogen) atoms. The number of hydrogen-bond donors (Lipinski definition) is 1. The number of piperidine rings is 1. The van der Waals surface area contributed by atoms with E-state index in [0.29, 0.717) is 42.4 Å². The summed E-state index contributed by atoms with van der Waals surface area (Å²) in [5.41, 5.74) is 1.63. The maximum atomic E-state index is 12.8. The summed E-state index contributed by atoms with van der Waals surface area (Å²) in [5, 5.41) is 11.3. The predicted octanol–water partition coefficient (Wildman–Crippen LogP) is 1.75. The second kappa shape index (κ2) is 7.28. The molecule has 1 N–H and O–H groups in total. The van der Waals surface area contributed by atoms with E-state index in [1.54, 1.807) is 6.92 Å². The van der Waals surface area contributed by atoms with E-state index in [4.69, 9.17) is 18.9 Å². The Bertz CT molecular complexity index is 997. The highest BCUT2D eigenvalue weighted by Crippen LogP contribution is 2.49. The summed E-state index contributed by atoms with van der Waals surface area (Å²) < 4.78 is 11.4. The smallest absolute Gasteiger partial charge is 0.196 e. The Labute approximate surface area is 168 Å². The van der Waals surface area contributed by atoms with Gasteiger partial charge < -0.3 is 24.0 Å². The van der Waals surface area contributed by atoms with Gasteiger partial charge in [0.15, 0.2) is 11.2 Å². The molecule has 0 aliphatic carbocycles. The van der Waals surface area contributed by atoms with Crippen LogP contribution in [0.2, 0.25) is 0 Å². The minimum absolute atomic E-state index is 0.0476. The van der Waals surface area contributed by atoms with Crippen molar-refractivity contribution in [2.45, 2.75) is 31.9 Å². The first-order chi connectivity index (χ1) is 14.0. The fraction of sp³-hybridized carbons (Fsp3) is 0.571. The van der Waals surface area contributed by atoms with Gasteiger partial charge in [-0.2, -0.15) is 4.89 Å². The maximum Gasteiger partial charge on any atom is 0.196 e. The van der Waals surface area contributed by atoms with Crippen LogP contribution in [0.5, 0.6) is 11.5 Å². The lowest BCUT2D eigenvalue weighted by molar-refractivity contribution is -0.270. The lowest BCUT2D eigenvalue weighted by Crippen LogP contribution is -2.45. The molecule has 0 saturated carbocycles. The Kier molecular flexibility index (Phi) is 4.74. The minimum atomic E-state index is -0.233. The largest absolute Gasteiger partial charge is 0.507 e. The molecule has 8 heteroatoms. The summed E-state index contributed by atoms with van der Waals surface area (Å²) in [6.07, 6.45) is 0.725. The zero-order chi connectivity index (χ0) is 20.1. The SMILES string of the molecule is Cc1cc(=O)c2c(O)c(CN3CCOCC3)c3c(c2o1)C1CCN(C)CC1OO3. The first-order valence-corrected chi connectivity index (χ1v) is 10.2. The highest BCUT2D eigenvalue weighted by atomic mass is 17.2. The molecule has 1 aromatic carbocycles. The lowest BCUT2D eigenvalue weighted by Gasteiger charge is -2.40. The summed E-state index contributed by atoms with van der Waals surface area (Å²) >= 11 is 0. The van der Waals surface area contributed by atoms with Crippen molar-refractivity contribution in [2.75, 3.05) is 46.4 Å². The standard InChI is InChI=1S/C21H26N2O6/c1-12-9-15(24)18-19(25)14(10-23-5-7-26-8-6-23)20-17(21(18)27-12)13-3-4-22(2)11-16(13)28-29-20/h9,13,16,25H,3-8,10-11H2,1-2H3.